The van der Waals surface area contributed by atoms with Crippen LogP contribution < -0.4 is 4.90 Å². The number of anilines is 1. The van der Waals surface area contributed by atoms with Crippen LogP contribution in [-0.2, 0) is 0 Å². The molecule has 110 valence electrons. The Morgan fingerprint density at radius 1 is 1.10 bits per heavy atom. The maximum absolute atomic E-state index is 12.4. The Hall–Kier alpha value is -1.51. The van der Waals surface area contributed by atoms with Gasteiger partial charge in [0.2, 0.25) is 0 Å². The molecule has 0 amide bonds. The van der Waals surface area contributed by atoms with Crippen LogP contribution in [0.25, 0.3) is 0 Å². The number of hydrogen-bond acceptors (Lipinski definition) is 2. The topological polar surface area (TPSA) is 20.3 Å². The molecular formula is C17H17Cl2NO. The number of para-hydroxylation sites is 1. The van der Waals surface area contributed by atoms with Gasteiger partial charge in [-0.3, -0.25) is 4.79 Å². The number of halogens is 2. The fraction of sp³-hybridized carbons (Fsp3) is 0.235. The van der Waals surface area contributed by atoms with Crippen LogP contribution in [0.15, 0.2) is 42.5 Å². The average Bonchev–Trinajstić information content (AvgIpc) is 2.48. The van der Waals surface area contributed by atoms with Crippen molar-refractivity contribution in [2.24, 2.45) is 0 Å². The first-order chi connectivity index (χ1) is 10.0. The van der Waals surface area contributed by atoms with Gasteiger partial charge in [0.15, 0.2) is 5.78 Å². The third kappa shape index (κ3) is 3.78. The van der Waals surface area contributed by atoms with Crippen molar-refractivity contribution in [3.63, 3.8) is 0 Å². The molecule has 0 aromatic heterocycles. The van der Waals surface area contributed by atoms with E-state index in [9.17, 15) is 4.79 Å². The minimum Gasteiger partial charge on any atom is -0.364 e. The molecule has 0 aliphatic carbocycles. The highest BCUT2D eigenvalue weighted by Gasteiger charge is 2.14. The van der Waals surface area contributed by atoms with Crippen LogP contribution in [0, 0.1) is 6.92 Å². The third-order valence-corrected chi connectivity index (χ3v) is 4.15. The van der Waals surface area contributed by atoms with Crippen molar-refractivity contribution in [1.29, 1.82) is 0 Å². The minimum atomic E-state index is 0.0265. The molecule has 2 rings (SSSR count). The van der Waals surface area contributed by atoms with Gasteiger partial charge < -0.3 is 4.90 Å². The predicted molar refractivity (Wildman–Crippen MR) is 89.9 cm³/mol. The normalized spacial score (nSPS) is 10.5. The molecule has 0 atom stereocenters. The van der Waals surface area contributed by atoms with E-state index in [2.05, 4.69) is 4.90 Å². The summed E-state index contributed by atoms with van der Waals surface area (Å²) in [6.07, 6.45) is 0. The molecule has 2 nitrogen and oxygen atoms in total. The number of nitrogens with zero attached hydrogens (tertiary/aromatic N) is 1. The van der Waals surface area contributed by atoms with Gasteiger partial charge in [0.25, 0.3) is 0 Å². The molecule has 2 aromatic carbocycles. The summed E-state index contributed by atoms with van der Waals surface area (Å²) in [7, 11) is 0. The molecule has 2 aromatic rings. The Morgan fingerprint density at radius 2 is 1.81 bits per heavy atom. The van der Waals surface area contributed by atoms with Gasteiger partial charge in [-0.25, -0.2) is 0 Å². The summed E-state index contributed by atoms with van der Waals surface area (Å²) in [5, 5.41) is 0.862. The Morgan fingerprint density at radius 3 is 2.43 bits per heavy atom. The zero-order valence-electron chi connectivity index (χ0n) is 12.1. The quantitative estimate of drug-likeness (QED) is 0.721. The van der Waals surface area contributed by atoms with Crippen LogP contribution >= 0.6 is 23.2 Å². The van der Waals surface area contributed by atoms with Gasteiger partial charge in [0.05, 0.1) is 16.6 Å². The van der Waals surface area contributed by atoms with Crippen LogP contribution in [0.4, 0.5) is 5.69 Å². The number of aryl methyl sites for hydroxylation is 1. The number of ketones is 1. The molecule has 0 unspecified atom stereocenters. The molecule has 4 heteroatoms. The molecule has 0 saturated heterocycles. The zero-order valence-corrected chi connectivity index (χ0v) is 13.6. The maximum atomic E-state index is 12.4. The van der Waals surface area contributed by atoms with Crippen molar-refractivity contribution in [3.05, 3.63) is 63.6 Å². The van der Waals surface area contributed by atoms with Crippen LogP contribution in [0.1, 0.15) is 22.8 Å². The number of Topliss-reactive ketones (excluding diaryl/α,β-unsaturated/α-hetero) is 1. The van der Waals surface area contributed by atoms with Crippen LogP contribution in [-0.4, -0.2) is 18.9 Å². The van der Waals surface area contributed by atoms with E-state index in [4.69, 9.17) is 23.2 Å². The number of hydrogen-bond donors (Lipinski definition) is 0. The van der Waals surface area contributed by atoms with E-state index < -0.39 is 0 Å². The lowest BCUT2D eigenvalue weighted by molar-refractivity contribution is 0.0999. The van der Waals surface area contributed by atoms with E-state index in [1.54, 1.807) is 18.2 Å². The summed E-state index contributed by atoms with van der Waals surface area (Å²) >= 11 is 11.9. The second-order valence-corrected chi connectivity index (χ2v) is 5.67. The van der Waals surface area contributed by atoms with E-state index >= 15 is 0 Å². The summed E-state index contributed by atoms with van der Waals surface area (Å²) < 4.78 is 0. The van der Waals surface area contributed by atoms with Crippen molar-refractivity contribution in [3.8, 4) is 0 Å². The van der Waals surface area contributed by atoms with Gasteiger partial charge in [-0.1, -0.05) is 41.4 Å². The first kappa shape index (κ1) is 15.9. The SMILES string of the molecule is CCN(CC(=O)c1ccc(Cl)c(Cl)c1)c1ccccc1C. The largest absolute Gasteiger partial charge is 0.364 e. The molecule has 0 fully saturated rings. The molecule has 0 saturated carbocycles. The first-order valence-electron chi connectivity index (χ1n) is 6.81. The summed E-state index contributed by atoms with van der Waals surface area (Å²) in [4.78, 5) is 14.5. The molecule has 0 spiro atoms. The predicted octanol–water partition coefficient (Wildman–Crippen LogP) is 5.01. The van der Waals surface area contributed by atoms with Gasteiger partial charge in [-0.15, -0.1) is 0 Å². The van der Waals surface area contributed by atoms with Crippen LogP contribution in [0.5, 0.6) is 0 Å². The molecule has 21 heavy (non-hydrogen) atoms. The Kier molecular flexibility index (Phi) is 5.27. The van der Waals surface area contributed by atoms with E-state index in [0.717, 1.165) is 17.8 Å². The Balaban J connectivity index is 2.20. The van der Waals surface area contributed by atoms with Crippen molar-refractivity contribution < 1.29 is 4.79 Å². The lowest BCUT2D eigenvalue weighted by Crippen LogP contribution is -2.30. The average molecular weight is 322 g/mol. The number of benzene rings is 2. The van der Waals surface area contributed by atoms with E-state index in [1.807, 2.05) is 38.1 Å². The lowest BCUT2D eigenvalue weighted by Gasteiger charge is -2.24. The molecule has 0 aliphatic heterocycles. The zero-order chi connectivity index (χ0) is 15.4. The third-order valence-electron chi connectivity index (χ3n) is 3.41. The second kappa shape index (κ2) is 6.97. The minimum absolute atomic E-state index is 0.0265. The highest BCUT2D eigenvalue weighted by molar-refractivity contribution is 6.42. The van der Waals surface area contributed by atoms with Crippen LogP contribution in [0.2, 0.25) is 10.0 Å². The van der Waals surface area contributed by atoms with E-state index in [-0.39, 0.29) is 5.78 Å². The molecule has 0 aliphatic rings. The fourth-order valence-electron chi connectivity index (χ4n) is 2.22. The Labute approximate surface area is 135 Å². The van der Waals surface area contributed by atoms with Crippen molar-refractivity contribution in [1.82, 2.24) is 0 Å². The molecule has 0 bridgehead atoms. The summed E-state index contributed by atoms with van der Waals surface area (Å²) in [6.45, 7) is 5.16. The van der Waals surface area contributed by atoms with Crippen LogP contribution in [0.3, 0.4) is 0 Å². The van der Waals surface area contributed by atoms with E-state index in [0.29, 0.717) is 22.2 Å². The van der Waals surface area contributed by atoms with Crippen molar-refractivity contribution in [2.45, 2.75) is 13.8 Å². The number of likely N-dealkylation sites (N-methyl/N-ethyl adjacent to an activating group) is 1. The summed E-state index contributed by atoms with van der Waals surface area (Å²) in [6, 6.07) is 13.0. The highest BCUT2D eigenvalue weighted by atomic mass is 35.5. The Bertz CT molecular complexity index is 655. The highest BCUT2D eigenvalue weighted by Crippen LogP contribution is 2.24. The van der Waals surface area contributed by atoms with Gasteiger partial charge in [0.1, 0.15) is 0 Å². The fourth-order valence-corrected chi connectivity index (χ4v) is 2.52. The van der Waals surface area contributed by atoms with Gasteiger partial charge in [-0.05, 0) is 43.7 Å². The van der Waals surface area contributed by atoms with E-state index in [1.165, 1.54) is 0 Å². The maximum Gasteiger partial charge on any atom is 0.182 e. The first-order valence-corrected chi connectivity index (χ1v) is 7.57. The smallest absolute Gasteiger partial charge is 0.182 e. The lowest BCUT2D eigenvalue weighted by atomic mass is 10.1. The number of carbonyl (C=O) groups is 1. The van der Waals surface area contributed by atoms with Crippen molar-refractivity contribution in [2.75, 3.05) is 18.0 Å². The van der Waals surface area contributed by atoms with Gasteiger partial charge in [-0.2, -0.15) is 0 Å². The number of rotatable bonds is 5. The molecular weight excluding hydrogens is 305 g/mol. The van der Waals surface area contributed by atoms with Crippen molar-refractivity contribution >= 4 is 34.7 Å². The molecule has 0 heterocycles. The number of carbonyl (C=O) groups excluding carboxylic acids is 1. The monoisotopic (exact) mass is 321 g/mol. The molecule has 0 N–H and O–H groups in total. The summed E-state index contributed by atoms with van der Waals surface area (Å²) in [5.74, 6) is 0.0265. The molecule has 0 radical (unpaired) electrons. The second-order valence-electron chi connectivity index (χ2n) is 4.85. The van der Waals surface area contributed by atoms with Gasteiger partial charge in [0, 0.05) is 17.8 Å². The summed E-state index contributed by atoms with van der Waals surface area (Å²) in [5.41, 5.74) is 2.81. The van der Waals surface area contributed by atoms with Gasteiger partial charge >= 0.3 is 0 Å². The standard InChI is InChI=1S/C17H17Cl2NO/c1-3-20(16-7-5-4-6-12(16)2)11-17(21)13-8-9-14(18)15(19)10-13/h4-10H,3,11H2,1-2H3.